The normalized spacial score (nSPS) is 10.5. The molecule has 17 heavy (non-hydrogen) atoms. The Morgan fingerprint density at radius 1 is 1.06 bits per heavy atom. The maximum atomic E-state index is 13.0. The number of hydrogen-bond donors (Lipinski definition) is 1. The van der Waals surface area contributed by atoms with Crippen LogP contribution in [0.1, 0.15) is 5.69 Å². The Bertz CT molecular complexity index is 532. The van der Waals surface area contributed by atoms with E-state index in [4.69, 9.17) is 5.73 Å². The minimum Gasteiger partial charge on any atom is -0.325 e. The van der Waals surface area contributed by atoms with Crippen molar-refractivity contribution in [1.29, 1.82) is 0 Å². The second kappa shape index (κ2) is 5.25. The fourth-order valence-corrected chi connectivity index (χ4v) is 2.20. The number of rotatable bonds is 3. The Balaban J connectivity index is 2.22. The van der Waals surface area contributed by atoms with Gasteiger partial charge in [-0.05, 0) is 30.3 Å². The SMILES string of the molecule is NCc1cc(Sc2ccc(F)c(F)c2)ccn1. The number of nitrogens with zero attached hydrogens (tertiary/aromatic N) is 1. The predicted octanol–water partition coefficient (Wildman–Crippen LogP) is 2.97. The van der Waals surface area contributed by atoms with Crippen molar-refractivity contribution in [3.63, 3.8) is 0 Å². The van der Waals surface area contributed by atoms with E-state index < -0.39 is 11.6 Å². The summed E-state index contributed by atoms with van der Waals surface area (Å²) in [7, 11) is 0. The van der Waals surface area contributed by atoms with Gasteiger partial charge in [-0.3, -0.25) is 4.98 Å². The van der Waals surface area contributed by atoms with Crippen LogP contribution in [-0.2, 0) is 6.54 Å². The lowest BCUT2D eigenvalue weighted by Crippen LogP contribution is -1.98. The molecule has 0 saturated carbocycles. The lowest BCUT2D eigenvalue weighted by atomic mass is 10.3. The molecule has 0 saturated heterocycles. The second-order valence-corrected chi connectivity index (χ2v) is 4.51. The number of aromatic nitrogens is 1. The molecule has 1 aromatic heterocycles. The van der Waals surface area contributed by atoms with Gasteiger partial charge in [0, 0.05) is 22.5 Å². The molecule has 5 heteroatoms. The van der Waals surface area contributed by atoms with E-state index in [1.807, 2.05) is 6.07 Å². The Labute approximate surface area is 102 Å². The fourth-order valence-electron chi connectivity index (χ4n) is 1.31. The lowest BCUT2D eigenvalue weighted by Gasteiger charge is -2.03. The van der Waals surface area contributed by atoms with E-state index >= 15 is 0 Å². The highest BCUT2D eigenvalue weighted by atomic mass is 32.2. The molecule has 1 aromatic carbocycles. The van der Waals surface area contributed by atoms with Gasteiger partial charge in [0.25, 0.3) is 0 Å². The third-order valence-corrected chi connectivity index (χ3v) is 3.10. The van der Waals surface area contributed by atoms with Crippen molar-refractivity contribution in [2.45, 2.75) is 16.3 Å². The Morgan fingerprint density at radius 3 is 2.53 bits per heavy atom. The van der Waals surface area contributed by atoms with Crippen LogP contribution in [0.5, 0.6) is 0 Å². The van der Waals surface area contributed by atoms with Crippen molar-refractivity contribution >= 4 is 11.8 Å². The van der Waals surface area contributed by atoms with Crippen LogP contribution < -0.4 is 5.73 Å². The predicted molar refractivity (Wildman–Crippen MR) is 62.6 cm³/mol. The first kappa shape index (κ1) is 12.0. The summed E-state index contributed by atoms with van der Waals surface area (Å²) in [4.78, 5) is 5.59. The molecule has 88 valence electrons. The van der Waals surface area contributed by atoms with E-state index in [2.05, 4.69) is 4.98 Å². The average Bonchev–Trinajstić information content (AvgIpc) is 2.34. The minimum atomic E-state index is -0.844. The van der Waals surface area contributed by atoms with Crippen LogP contribution in [0.3, 0.4) is 0 Å². The zero-order valence-electron chi connectivity index (χ0n) is 8.86. The average molecular weight is 252 g/mol. The molecule has 0 unspecified atom stereocenters. The zero-order valence-corrected chi connectivity index (χ0v) is 9.68. The van der Waals surface area contributed by atoms with E-state index in [0.29, 0.717) is 11.4 Å². The zero-order chi connectivity index (χ0) is 12.3. The van der Waals surface area contributed by atoms with Crippen molar-refractivity contribution in [3.05, 3.63) is 53.9 Å². The molecule has 0 bridgehead atoms. The number of benzene rings is 1. The molecule has 0 spiro atoms. The van der Waals surface area contributed by atoms with Crippen molar-refractivity contribution in [2.75, 3.05) is 0 Å². The van der Waals surface area contributed by atoms with Crippen LogP contribution in [0.4, 0.5) is 8.78 Å². The van der Waals surface area contributed by atoms with E-state index in [-0.39, 0.29) is 0 Å². The topological polar surface area (TPSA) is 38.9 Å². The monoisotopic (exact) mass is 252 g/mol. The first-order valence-electron chi connectivity index (χ1n) is 4.97. The summed E-state index contributed by atoms with van der Waals surface area (Å²) in [6.07, 6.45) is 1.64. The van der Waals surface area contributed by atoms with Crippen molar-refractivity contribution in [3.8, 4) is 0 Å². The summed E-state index contributed by atoms with van der Waals surface area (Å²) in [6.45, 7) is 0.353. The Kier molecular flexibility index (Phi) is 3.71. The van der Waals surface area contributed by atoms with Crippen LogP contribution in [0.15, 0.2) is 46.3 Å². The van der Waals surface area contributed by atoms with Gasteiger partial charge in [-0.1, -0.05) is 11.8 Å². The van der Waals surface area contributed by atoms with Crippen molar-refractivity contribution in [2.24, 2.45) is 5.73 Å². The summed E-state index contributed by atoms with van der Waals surface area (Å²) in [5, 5.41) is 0. The lowest BCUT2D eigenvalue weighted by molar-refractivity contribution is 0.506. The first-order valence-corrected chi connectivity index (χ1v) is 5.78. The smallest absolute Gasteiger partial charge is 0.159 e. The summed E-state index contributed by atoms with van der Waals surface area (Å²) >= 11 is 1.34. The van der Waals surface area contributed by atoms with Gasteiger partial charge in [-0.15, -0.1) is 0 Å². The molecule has 0 aliphatic rings. The molecule has 0 radical (unpaired) electrons. The van der Waals surface area contributed by atoms with Gasteiger partial charge in [-0.2, -0.15) is 0 Å². The molecule has 0 fully saturated rings. The van der Waals surface area contributed by atoms with Gasteiger partial charge >= 0.3 is 0 Å². The molecule has 2 nitrogen and oxygen atoms in total. The number of hydrogen-bond acceptors (Lipinski definition) is 3. The summed E-state index contributed by atoms with van der Waals surface area (Å²) < 4.78 is 25.8. The van der Waals surface area contributed by atoms with Gasteiger partial charge < -0.3 is 5.73 Å². The third kappa shape index (κ3) is 3.01. The van der Waals surface area contributed by atoms with Gasteiger partial charge in [-0.25, -0.2) is 8.78 Å². The van der Waals surface area contributed by atoms with Gasteiger partial charge in [0.2, 0.25) is 0 Å². The molecule has 0 aliphatic heterocycles. The maximum Gasteiger partial charge on any atom is 0.159 e. The highest BCUT2D eigenvalue weighted by molar-refractivity contribution is 7.99. The van der Waals surface area contributed by atoms with Crippen LogP contribution in [-0.4, -0.2) is 4.98 Å². The quantitative estimate of drug-likeness (QED) is 0.912. The molecule has 2 aromatic rings. The number of nitrogens with two attached hydrogens (primary N) is 1. The third-order valence-electron chi connectivity index (χ3n) is 2.12. The molecule has 2 N–H and O–H groups in total. The fraction of sp³-hybridized carbons (Fsp3) is 0.0833. The van der Waals surface area contributed by atoms with Gasteiger partial charge in [0.05, 0.1) is 5.69 Å². The van der Waals surface area contributed by atoms with E-state index in [1.165, 1.54) is 23.9 Å². The molecule has 2 rings (SSSR count). The largest absolute Gasteiger partial charge is 0.325 e. The molecule has 0 aliphatic carbocycles. The molecule has 1 heterocycles. The second-order valence-electron chi connectivity index (χ2n) is 3.36. The molecule has 0 amide bonds. The number of pyridine rings is 1. The maximum absolute atomic E-state index is 13.0. The van der Waals surface area contributed by atoms with E-state index in [0.717, 1.165) is 16.7 Å². The Morgan fingerprint density at radius 2 is 1.82 bits per heavy atom. The van der Waals surface area contributed by atoms with Crippen molar-refractivity contribution < 1.29 is 8.78 Å². The summed E-state index contributed by atoms with van der Waals surface area (Å²) in [5.74, 6) is -1.69. The van der Waals surface area contributed by atoms with Crippen LogP contribution >= 0.6 is 11.8 Å². The highest BCUT2D eigenvalue weighted by Gasteiger charge is 2.04. The first-order chi connectivity index (χ1) is 8.19. The standard InChI is InChI=1S/C12H10F2N2S/c13-11-2-1-9(6-12(11)14)17-10-3-4-16-8(5-10)7-15/h1-6H,7,15H2. The van der Waals surface area contributed by atoms with E-state index in [9.17, 15) is 8.78 Å². The highest BCUT2D eigenvalue weighted by Crippen LogP contribution is 2.28. The minimum absolute atomic E-state index is 0.353. The van der Waals surface area contributed by atoms with Gasteiger partial charge in [0.15, 0.2) is 11.6 Å². The molecular formula is C12H10F2N2S. The van der Waals surface area contributed by atoms with Gasteiger partial charge in [0.1, 0.15) is 0 Å². The molecule has 0 atom stereocenters. The molecular weight excluding hydrogens is 242 g/mol. The Hall–Kier alpha value is -1.46. The summed E-state index contributed by atoms with van der Waals surface area (Å²) in [5.41, 5.74) is 6.24. The number of halogens is 2. The van der Waals surface area contributed by atoms with Crippen LogP contribution in [0.2, 0.25) is 0 Å². The van der Waals surface area contributed by atoms with Crippen LogP contribution in [0.25, 0.3) is 0 Å². The van der Waals surface area contributed by atoms with Crippen molar-refractivity contribution in [1.82, 2.24) is 4.98 Å². The van der Waals surface area contributed by atoms with Crippen LogP contribution in [0, 0.1) is 11.6 Å². The van der Waals surface area contributed by atoms with E-state index in [1.54, 1.807) is 12.3 Å². The summed E-state index contributed by atoms with van der Waals surface area (Å²) in [6, 6.07) is 7.44.